The summed E-state index contributed by atoms with van der Waals surface area (Å²) in [6.07, 6.45) is -2.22. The van der Waals surface area contributed by atoms with Crippen LogP contribution in [0.1, 0.15) is 24.2 Å². The van der Waals surface area contributed by atoms with Gasteiger partial charge in [-0.05, 0) is 12.1 Å². The Morgan fingerprint density at radius 3 is 2.06 bits per heavy atom. The molecule has 0 aromatic heterocycles. The number of carbonyl (C=O) groups excluding carboxylic acids is 2. The molecule has 0 aliphatic rings. The van der Waals surface area contributed by atoms with Crippen molar-refractivity contribution in [2.45, 2.75) is 20.0 Å². The van der Waals surface area contributed by atoms with Gasteiger partial charge in [-0.25, -0.2) is 4.39 Å². The minimum absolute atomic E-state index is 0.0432. The van der Waals surface area contributed by atoms with Gasteiger partial charge in [0.25, 0.3) is 0 Å². The number of ketones is 2. The molecule has 0 aliphatic carbocycles. The van der Waals surface area contributed by atoms with Gasteiger partial charge >= 0.3 is 0 Å². The Kier molecular flexibility index (Phi) is 4.66. The van der Waals surface area contributed by atoms with Gasteiger partial charge < -0.3 is 0 Å². The average Bonchev–Trinajstić information content (AvgIpc) is 2.26. The molecular weight excluding hydrogens is 266 g/mol. The molecule has 0 N–H and O–H groups in total. The maximum Gasteiger partial charge on any atom is 0.221 e. The molecule has 0 aliphatic heterocycles. The number of hydrogen-bond acceptors (Lipinski definition) is 2. The molecule has 0 saturated carbocycles. The van der Waals surface area contributed by atoms with Crippen molar-refractivity contribution in [3.05, 3.63) is 33.8 Å². The van der Waals surface area contributed by atoms with Gasteiger partial charge in [0.15, 0.2) is 5.78 Å². The van der Waals surface area contributed by atoms with E-state index in [1.165, 1.54) is 26.0 Å². The molecule has 0 radical (unpaired) electrons. The van der Waals surface area contributed by atoms with Crippen molar-refractivity contribution >= 4 is 34.8 Å². The van der Waals surface area contributed by atoms with Gasteiger partial charge in [0, 0.05) is 5.92 Å². The summed E-state index contributed by atoms with van der Waals surface area (Å²) < 4.78 is 13.7. The van der Waals surface area contributed by atoms with Crippen LogP contribution < -0.4 is 0 Å². The predicted molar refractivity (Wildman–Crippen MR) is 65.5 cm³/mol. The highest BCUT2D eigenvalue weighted by molar-refractivity contribution is 6.40. The number of hydrogen-bond donors (Lipinski definition) is 0. The summed E-state index contributed by atoms with van der Waals surface area (Å²) in [7, 11) is 0. The molecule has 0 bridgehead atoms. The first-order valence-corrected chi connectivity index (χ1v) is 5.78. The van der Waals surface area contributed by atoms with Crippen molar-refractivity contribution in [3.63, 3.8) is 0 Å². The van der Waals surface area contributed by atoms with Gasteiger partial charge in [-0.3, -0.25) is 9.59 Å². The summed E-state index contributed by atoms with van der Waals surface area (Å²) in [5, 5.41) is 0.0865. The topological polar surface area (TPSA) is 34.1 Å². The Hall–Kier alpha value is -0.930. The largest absolute Gasteiger partial charge is 0.296 e. The van der Waals surface area contributed by atoms with Crippen molar-refractivity contribution < 1.29 is 14.0 Å². The van der Waals surface area contributed by atoms with Crippen molar-refractivity contribution in [2.75, 3.05) is 0 Å². The Morgan fingerprint density at radius 1 is 1.18 bits per heavy atom. The van der Waals surface area contributed by atoms with Crippen LogP contribution >= 0.6 is 23.2 Å². The predicted octanol–water partition coefficient (Wildman–Crippen LogP) is 3.74. The minimum Gasteiger partial charge on any atom is -0.296 e. The summed E-state index contributed by atoms with van der Waals surface area (Å²) in [5.74, 6) is -2.32. The quantitative estimate of drug-likeness (QED) is 0.620. The Morgan fingerprint density at radius 2 is 1.65 bits per heavy atom. The summed E-state index contributed by atoms with van der Waals surface area (Å²) >= 11 is 11.5. The lowest BCUT2D eigenvalue weighted by Crippen LogP contribution is -2.29. The Labute approximate surface area is 109 Å². The van der Waals surface area contributed by atoms with Crippen LogP contribution in [0.15, 0.2) is 18.2 Å². The van der Waals surface area contributed by atoms with Crippen LogP contribution in [0.5, 0.6) is 0 Å². The van der Waals surface area contributed by atoms with E-state index >= 15 is 0 Å². The smallest absolute Gasteiger partial charge is 0.221 e. The third-order valence-electron chi connectivity index (χ3n) is 2.26. The standard InChI is InChI=1S/C12H11Cl2FO2/c1-6(2)11(16)10(15)12(17)9-7(13)4-3-5-8(9)14/h3-6,10H,1-2H3. The van der Waals surface area contributed by atoms with E-state index in [-0.39, 0.29) is 15.6 Å². The van der Waals surface area contributed by atoms with Crippen molar-refractivity contribution in [3.8, 4) is 0 Å². The van der Waals surface area contributed by atoms with E-state index in [4.69, 9.17) is 23.2 Å². The molecule has 0 spiro atoms. The molecule has 1 aromatic carbocycles. The maximum absolute atomic E-state index is 13.7. The lowest BCUT2D eigenvalue weighted by atomic mass is 9.98. The van der Waals surface area contributed by atoms with Gasteiger partial charge in [0.1, 0.15) is 0 Å². The molecule has 5 heteroatoms. The second-order valence-electron chi connectivity index (χ2n) is 3.88. The summed E-state index contributed by atoms with van der Waals surface area (Å²) in [6, 6.07) is 4.39. The fourth-order valence-corrected chi connectivity index (χ4v) is 1.87. The highest BCUT2D eigenvalue weighted by Gasteiger charge is 2.31. The van der Waals surface area contributed by atoms with E-state index < -0.39 is 23.7 Å². The van der Waals surface area contributed by atoms with Crippen LogP contribution in [-0.2, 0) is 4.79 Å². The van der Waals surface area contributed by atoms with Crippen LogP contribution in [0.4, 0.5) is 4.39 Å². The lowest BCUT2D eigenvalue weighted by molar-refractivity contribution is -0.125. The fraction of sp³-hybridized carbons (Fsp3) is 0.333. The zero-order valence-electron chi connectivity index (χ0n) is 9.34. The van der Waals surface area contributed by atoms with Crippen molar-refractivity contribution in [2.24, 2.45) is 5.92 Å². The van der Waals surface area contributed by atoms with E-state index in [0.717, 1.165) is 0 Å². The van der Waals surface area contributed by atoms with Gasteiger partial charge in [0.2, 0.25) is 12.0 Å². The fourth-order valence-electron chi connectivity index (χ4n) is 1.28. The number of alkyl halides is 1. The molecule has 1 aromatic rings. The number of Topliss-reactive ketones (excluding diaryl/α,β-unsaturated/α-hetero) is 2. The zero-order chi connectivity index (χ0) is 13.2. The number of carbonyl (C=O) groups is 2. The highest BCUT2D eigenvalue weighted by Crippen LogP contribution is 2.26. The number of rotatable bonds is 4. The molecule has 0 saturated heterocycles. The van der Waals surface area contributed by atoms with E-state index in [1.54, 1.807) is 6.07 Å². The van der Waals surface area contributed by atoms with Crippen LogP contribution in [0.2, 0.25) is 10.0 Å². The van der Waals surface area contributed by atoms with Crippen molar-refractivity contribution in [1.82, 2.24) is 0 Å². The highest BCUT2D eigenvalue weighted by atomic mass is 35.5. The summed E-state index contributed by atoms with van der Waals surface area (Å²) in [5.41, 5.74) is -0.141. The summed E-state index contributed by atoms with van der Waals surface area (Å²) in [4.78, 5) is 23.2. The molecule has 1 unspecified atom stereocenters. The minimum atomic E-state index is -2.22. The van der Waals surface area contributed by atoms with E-state index in [9.17, 15) is 14.0 Å². The van der Waals surface area contributed by atoms with Gasteiger partial charge in [-0.15, -0.1) is 0 Å². The second-order valence-corrected chi connectivity index (χ2v) is 4.69. The molecule has 1 rings (SSSR count). The van der Waals surface area contributed by atoms with Gasteiger partial charge in [-0.2, -0.15) is 0 Å². The third-order valence-corrected chi connectivity index (χ3v) is 2.89. The monoisotopic (exact) mass is 276 g/mol. The third kappa shape index (κ3) is 3.05. The summed E-state index contributed by atoms with van der Waals surface area (Å²) in [6.45, 7) is 3.05. The molecule has 0 fully saturated rings. The molecule has 2 nitrogen and oxygen atoms in total. The second kappa shape index (κ2) is 5.61. The molecule has 0 heterocycles. The normalized spacial score (nSPS) is 12.6. The maximum atomic E-state index is 13.7. The lowest BCUT2D eigenvalue weighted by Gasteiger charge is -2.11. The molecule has 1 atom stereocenters. The van der Waals surface area contributed by atoms with Gasteiger partial charge in [0.05, 0.1) is 15.6 Å². The average molecular weight is 277 g/mol. The Balaban J connectivity index is 3.09. The van der Waals surface area contributed by atoms with Gasteiger partial charge in [-0.1, -0.05) is 43.1 Å². The molecule has 92 valence electrons. The zero-order valence-corrected chi connectivity index (χ0v) is 10.8. The molecule has 17 heavy (non-hydrogen) atoms. The first-order chi connectivity index (χ1) is 7.86. The van der Waals surface area contributed by atoms with E-state index in [0.29, 0.717) is 0 Å². The molecular formula is C12H11Cl2FO2. The SMILES string of the molecule is CC(C)C(=O)C(F)C(=O)c1c(Cl)cccc1Cl. The Bertz CT molecular complexity index is 438. The van der Waals surface area contributed by atoms with Crippen LogP contribution in [-0.4, -0.2) is 17.7 Å². The van der Waals surface area contributed by atoms with E-state index in [2.05, 4.69) is 0 Å². The number of benzene rings is 1. The van der Waals surface area contributed by atoms with E-state index in [1.807, 2.05) is 0 Å². The van der Waals surface area contributed by atoms with Crippen LogP contribution in [0.3, 0.4) is 0 Å². The molecule has 0 amide bonds. The van der Waals surface area contributed by atoms with Crippen molar-refractivity contribution in [1.29, 1.82) is 0 Å². The number of halogens is 3. The first kappa shape index (κ1) is 14.1. The first-order valence-electron chi connectivity index (χ1n) is 5.02. The van der Waals surface area contributed by atoms with Crippen LogP contribution in [0.25, 0.3) is 0 Å². The van der Waals surface area contributed by atoms with Crippen LogP contribution in [0, 0.1) is 5.92 Å².